The van der Waals surface area contributed by atoms with Crippen molar-refractivity contribution in [1.29, 1.82) is 0 Å². The fraction of sp³-hybridized carbons (Fsp3) is 0.143. The lowest BCUT2D eigenvalue weighted by molar-refractivity contribution is -0.275. The zero-order chi connectivity index (χ0) is 25.2. The Balaban J connectivity index is 1.60. The molecule has 0 bridgehead atoms. The number of aryl methyl sites for hydroxylation is 1. The van der Waals surface area contributed by atoms with Crippen molar-refractivity contribution in [3.05, 3.63) is 102 Å². The van der Waals surface area contributed by atoms with Crippen LogP contribution >= 0.6 is 0 Å². The Morgan fingerprint density at radius 1 is 0.600 bits per heavy atom. The number of hydrogen-bond donors (Lipinski definition) is 0. The second kappa shape index (κ2) is 9.86. The molecule has 0 amide bonds. The molecule has 0 N–H and O–H groups in total. The van der Waals surface area contributed by atoms with Gasteiger partial charge in [0, 0.05) is 0 Å². The summed E-state index contributed by atoms with van der Waals surface area (Å²) in [7, 11) is 0. The highest BCUT2D eigenvalue weighted by molar-refractivity contribution is 5.74. The van der Waals surface area contributed by atoms with E-state index in [0.717, 1.165) is 42.2 Å². The van der Waals surface area contributed by atoms with Crippen LogP contribution in [-0.4, -0.2) is 6.36 Å². The molecule has 0 aliphatic carbocycles. The lowest BCUT2D eigenvalue weighted by atomic mass is 9.96. The molecule has 35 heavy (non-hydrogen) atoms. The van der Waals surface area contributed by atoms with Crippen LogP contribution in [-0.2, 0) is 6.42 Å². The zero-order valence-corrected chi connectivity index (χ0v) is 18.6. The maximum absolute atomic E-state index is 14.9. The van der Waals surface area contributed by atoms with Crippen LogP contribution < -0.4 is 4.74 Å². The van der Waals surface area contributed by atoms with Crippen LogP contribution in [0.1, 0.15) is 18.9 Å². The molecular weight excluding hydrogens is 466 g/mol. The van der Waals surface area contributed by atoms with Crippen LogP contribution in [0.15, 0.2) is 78.9 Å². The molecule has 0 atom stereocenters. The second-order valence-electron chi connectivity index (χ2n) is 8.03. The monoisotopic (exact) mass is 486 g/mol. The van der Waals surface area contributed by atoms with E-state index >= 15 is 0 Å². The standard InChI is InChI=1S/C28H20F6O/c1-2-3-17-4-6-18(7-5-17)19-8-10-20(11-9-19)22-15-24(30)27(25(31)16-22)21-12-13-26(23(29)14-21)35-28(32,33)34/h4-16H,2-3H2,1H3. The van der Waals surface area contributed by atoms with E-state index in [1.807, 2.05) is 24.3 Å². The van der Waals surface area contributed by atoms with E-state index in [1.165, 1.54) is 5.56 Å². The number of hydrogen-bond acceptors (Lipinski definition) is 1. The van der Waals surface area contributed by atoms with Gasteiger partial charge in [0.1, 0.15) is 11.6 Å². The van der Waals surface area contributed by atoms with Gasteiger partial charge in [-0.25, -0.2) is 13.2 Å². The highest BCUT2D eigenvalue weighted by Crippen LogP contribution is 2.35. The molecule has 0 saturated carbocycles. The number of rotatable bonds is 6. The molecule has 0 aliphatic heterocycles. The molecule has 7 heteroatoms. The molecule has 0 heterocycles. The van der Waals surface area contributed by atoms with Gasteiger partial charge in [0.15, 0.2) is 11.6 Å². The predicted octanol–water partition coefficient (Wildman–Crippen LogP) is 8.96. The molecule has 4 aromatic carbocycles. The van der Waals surface area contributed by atoms with Gasteiger partial charge in [0.2, 0.25) is 0 Å². The van der Waals surface area contributed by atoms with Crippen molar-refractivity contribution in [3.63, 3.8) is 0 Å². The van der Waals surface area contributed by atoms with Crippen LogP contribution in [0.4, 0.5) is 26.3 Å². The van der Waals surface area contributed by atoms with Crippen molar-refractivity contribution in [2.45, 2.75) is 26.1 Å². The molecule has 0 aliphatic rings. The Labute approximate surface area is 198 Å². The lowest BCUT2D eigenvalue weighted by Gasteiger charge is -2.12. The Hall–Kier alpha value is -3.74. The largest absolute Gasteiger partial charge is 0.573 e. The first kappa shape index (κ1) is 24.4. The molecule has 0 saturated heterocycles. The maximum atomic E-state index is 14.9. The van der Waals surface area contributed by atoms with Crippen molar-refractivity contribution in [2.75, 3.05) is 0 Å². The van der Waals surface area contributed by atoms with Crippen molar-refractivity contribution < 1.29 is 31.1 Å². The van der Waals surface area contributed by atoms with Gasteiger partial charge in [-0.2, -0.15) is 0 Å². The van der Waals surface area contributed by atoms with Gasteiger partial charge in [-0.3, -0.25) is 0 Å². The number of halogens is 6. The van der Waals surface area contributed by atoms with Crippen LogP contribution in [0.25, 0.3) is 33.4 Å². The summed E-state index contributed by atoms with van der Waals surface area (Å²) < 4.78 is 84.3. The average Bonchev–Trinajstić information content (AvgIpc) is 2.80. The second-order valence-corrected chi connectivity index (χ2v) is 8.03. The lowest BCUT2D eigenvalue weighted by Crippen LogP contribution is -2.17. The summed E-state index contributed by atoms with van der Waals surface area (Å²) in [6.07, 6.45) is -3.02. The predicted molar refractivity (Wildman–Crippen MR) is 123 cm³/mol. The van der Waals surface area contributed by atoms with E-state index < -0.39 is 35.1 Å². The molecule has 4 aromatic rings. The molecule has 180 valence electrons. The number of ether oxygens (including phenoxy) is 1. The fourth-order valence-corrected chi connectivity index (χ4v) is 3.89. The minimum atomic E-state index is -5.09. The van der Waals surface area contributed by atoms with E-state index in [-0.39, 0.29) is 11.1 Å². The smallest absolute Gasteiger partial charge is 0.403 e. The van der Waals surface area contributed by atoms with Gasteiger partial charge >= 0.3 is 6.36 Å². The zero-order valence-electron chi connectivity index (χ0n) is 18.6. The Bertz CT molecular complexity index is 1300. The summed E-state index contributed by atoms with van der Waals surface area (Å²) in [6.45, 7) is 2.12. The maximum Gasteiger partial charge on any atom is 0.573 e. The van der Waals surface area contributed by atoms with E-state index in [4.69, 9.17) is 0 Å². The van der Waals surface area contributed by atoms with Crippen molar-refractivity contribution in [3.8, 4) is 39.1 Å². The SMILES string of the molecule is CCCc1ccc(-c2ccc(-c3cc(F)c(-c4ccc(OC(F)(F)F)c(F)c4)c(F)c3)cc2)cc1. The van der Waals surface area contributed by atoms with Crippen molar-refractivity contribution in [1.82, 2.24) is 0 Å². The van der Waals surface area contributed by atoms with Crippen LogP contribution in [0.3, 0.4) is 0 Å². The Morgan fingerprint density at radius 3 is 1.54 bits per heavy atom. The third-order valence-electron chi connectivity index (χ3n) is 5.53. The average molecular weight is 486 g/mol. The third kappa shape index (κ3) is 5.67. The molecule has 0 spiro atoms. The molecular formula is C28H20F6O. The summed E-state index contributed by atoms with van der Waals surface area (Å²) in [6, 6.07) is 19.8. The first-order valence-corrected chi connectivity index (χ1v) is 10.9. The molecule has 4 rings (SSSR count). The van der Waals surface area contributed by atoms with Crippen molar-refractivity contribution >= 4 is 0 Å². The third-order valence-corrected chi connectivity index (χ3v) is 5.53. The molecule has 0 unspecified atom stereocenters. The van der Waals surface area contributed by atoms with E-state index in [2.05, 4.69) is 23.8 Å². The van der Waals surface area contributed by atoms with Gasteiger partial charge in [-0.1, -0.05) is 67.9 Å². The van der Waals surface area contributed by atoms with E-state index in [9.17, 15) is 26.3 Å². The minimum absolute atomic E-state index is 0.250. The fourth-order valence-electron chi connectivity index (χ4n) is 3.89. The van der Waals surface area contributed by atoms with Gasteiger partial charge in [0.05, 0.1) is 5.56 Å². The summed E-state index contributed by atoms with van der Waals surface area (Å²) in [5.74, 6) is -4.42. The summed E-state index contributed by atoms with van der Waals surface area (Å²) in [5, 5.41) is 0. The molecule has 0 aromatic heterocycles. The van der Waals surface area contributed by atoms with Gasteiger partial charge in [0.25, 0.3) is 0 Å². The number of benzene rings is 4. The highest BCUT2D eigenvalue weighted by Gasteiger charge is 2.32. The molecule has 1 nitrogen and oxygen atoms in total. The summed E-state index contributed by atoms with van der Waals surface area (Å²) >= 11 is 0. The Morgan fingerprint density at radius 2 is 1.06 bits per heavy atom. The molecule has 0 fully saturated rings. The van der Waals surface area contributed by atoms with Crippen LogP contribution in [0, 0.1) is 17.5 Å². The van der Waals surface area contributed by atoms with Crippen molar-refractivity contribution in [2.24, 2.45) is 0 Å². The normalized spacial score (nSPS) is 11.5. The summed E-state index contributed by atoms with van der Waals surface area (Å²) in [4.78, 5) is 0. The molecule has 0 radical (unpaired) electrons. The van der Waals surface area contributed by atoms with E-state index in [1.54, 1.807) is 12.1 Å². The highest BCUT2D eigenvalue weighted by atomic mass is 19.4. The first-order valence-electron chi connectivity index (χ1n) is 10.9. The summed E-state index contributed by atoms with van der Waals surface area (Å²) in [5.41, 5.74) is 3.26. The van der Waals surface area contributed by atoms with Gasteiger partial charge in [-0.05, 0) is 64.1 Å². The first-order chi connectivity index (χ1) is 16.6. The Kier molecular flexibility index (Phi) is 6.87. The van der Waals surface area contributed by atoms with Gasteiger partial charge in [-0.15, -0.1) is 13.2 Å². The van der Waals surface area contributed by atoms with Crippen LogP contribution in [0.2, 0.25) is 0 Å². The van der Waals surface area contributed by atoms with Gasteiger partial charge < -0.3 is 4.74 Å². The minimum Gasteiger partial charge on any atom is -0.403 e. The van der Waals surface area contributed by atoms with E-state index in [0.29, 0.717) is 17.7 Å². The quantitative estimate of drug-likeness (QED) is 0.247. The van der Waals surface area contributed by atoms with Crippen LogP contribution in [0.5, 0.6) is 5.75 Å². The topological polar surface area (TPSA) is 9.23 Å². The number of alkyl halides is 3.